The van der Waals surface area contributed by atoms with Crippen molar-refractivity contribution in [3.05, 3.63) is 29.8 Å². The maximum absolute atomic E-state index is 5.81. The first kappa shape index (κ1) is 14.8. The first-order valence-electron chi connectivity index (χ1n) is 8.20. The van der Waals surface area contributed by atoms with Crippen molar-refractivity contribution in [2.75, 3.05) is 45.9 Å². The summed E-state index contributed by atoms with van der Waals surface area (Å²) in [5, 5.41) is 0. The van der Waals surface area contributed by atoms with Crippen LogP contribution in [0.25, 0.3) is 0 Å². The molecular weight excluding hydrogens is 262 g/mol. The van der Waals surface area contributed by atoms with Crippen LogP contribution in [0.3, 0.4) is 0 Å². The van der Waals surface area contributed by atoms with Gasteiger partial charge >= 0.3 is 0 Å². The Labute approximate surface area is 127 Å². The minimum absolute atomic E-state index is 0.589. The average Bonchev–Trinajstić information content (AvgIpc) is 3.34. The van der Waals surface area contributed by atoms with E-state index in [2.05, 4.69) is 9.80 Å². The Balaban J connectivity index is 1.32. The van der Waals surface area contributed by atoms with E-state index in [0.717, 1.165) is 30.4 Å². The first-order chi connectivity index (χ1) is 10.3. The molecule has 2 aliphatic rings. The molecule has 116 valence electrons. The molecule has 0 aromatic heterocycles. The lowest BCUT2D eigenvalue weighted by Gasteiger charge is -2.34. The lowest BCUT2D eigenvalue weighted by atomic mass is 10.2. The quantitative estimate of drug-likeness (QED) is 0.827. The van der Waals surface area contributed by atoms with E-state index in [1.165, 1.54) is 45.6 Å². The van der Waals surface area contributed by atoms with Crippen LogP contribution in [0, 0.1) is 5.92 Å². The number of hydrogen-bond acceptors (Lipinski definition) is 4. The number of nitrogens with two attached hydrogens (primary N) is 1. The molecule has 1 aliphatic heterocycles. The minimum Gasteiger partial charge on any atom is -0.492 e. The molecule has 3 rings (SSSR count). The van der Waals surface area contributed by atoms with Crippen molar-refractivity contribution in [2.24, 2.45) is 11.7 Å². The van der Waals surface area contributed by atoms with Crippen LogP contribution in [0.15, 0.2) is 24.3 Å². The van der Waals surface area contributed by atoms with Gasteiger partial charge in [-0.05, 0) is 36.5 Å². The Kier molecular flexibility index (Phi) is 5.12. The molecule has 0 bridgehead atoms. The van der Waals surface area contributed by atoms with E-state index in [-0.39, 0.29) is 0 Å². The van der Waals surface area contributed by atoms with Crippen LogP contribution in [0.1, 0.15) is 18.4 Å². The molecule has 1 aromatic carbocycles. The van der Waals surface area contributed by atoms with E-state index in [9.17, 15) is 0 Å². The molecule has 4 heteroatoms. The number of hydrogen-bond donors (Lipinski definition) is 1. The van der Waals surface area contributed by atoms with Crippen LogP contribution >= 0.6 is 0 Å². The van der Waals surface area contributed by atoms with Crippen LogP contribution < -0.4 is 10.5 Å². The van der Waals surface area contributed by atoms with Gasteiger partial charge < -0.3 is 15.4 Å². The highest BCUT2D eigenvalue weighted by atomic mass is 16.5. The summed E-state index contributed by atoms with van der Waals surface area (Å²) in [6, 6.07) is 8.09. The summed E-state index contributed by atoms with van der Waals surface area (Å²) in [5.74, 6) is 1.95. The molecule has 1 heterocycles. The van der Waals surface area contributed by atoms with Gasteiger partial charge in [0.25, 0.3) is 0 Å². The normalized spacial score (nSPS) is 20.6. The molecule has 1 saturated heterocycles. The van der Waals surface area contributed by atoms with Crippen LogP contribution in [0.2, 0.25) is 0 Å². The number of nitrogens with zero attached hydrogens (tertiary/aromatic N) is 2. The summed E-state index contributed by atoms with van der Waals surface area (Å²) >= 11 is 0. The molecule has 0 amide bonds. The maximum atomic E-state index is 5.81. The van der Waals surface area contributed by atoms with Crippen molar-refractivity contribution in [3.63, 3.8) is 0 Å². The summed E-state index contributed by atoms with van der Waals surface area (Å²) in [6.45, 7) is 8.53. The van der Waals surface area contributed by atoms with Crippen LogP contribution in [0.4, 0.5) is 0 Å². The summed E-state index contributed by atoms with van der Waals surface area (Å²) in [5.41, 5.74) is 6.74. The van der Waals surface area contributed by atoms with Crippen molar-refractivity contribution in [3.8, 4) is 5.75 Å². The fraction of sp³-hybridized carbons (Fsp3) is 0.647. The molecular formula is C17H27N3O. The Hall–Kier alpha value is -1.10. The summed E-state index contributed by atoms with van der Waals surface area (Å²) in [4.78, 5) is 5.14. The largest absolute Gasteiger partial charge is 0.492 e. The van der Waals surface area contributed by atoms with Crippen molar-refractivity contribution < 1.29 is 4.74 Å². The molecule has 1 saturated carbocycles. The van der Waals surface area contributed by atoms with Gasteiger partial charge in [-0.1, -0.05) is 12.1 Å². The first-order valence-corrected chi connectivity index (χ1v) is 8.20. The fourth-order valence-corrected chi connectivity index (χ4v) is 2.88. The summed E-state index contributed by atoms with van der Waals surface area (Å²) in [6.07, 6.45) is 2.91. The third kappa shape index (κ3) is 4.70. The SMILES string of the molecule is NCc1ccc(OCCN2CCN(CC3CC3)CC2)cc1. The zero-order valence-corrected chi connectivity index (χ0v) is 12.8. The van der Waals surface area contributed by atoms with E-state index < -0.39 is 0 Å². The second-order valence-corrected chi connectivity index (χ2v) is 6.28. The van der Waals surface area contributed by atoms with Gasteiger partial charge in [-0.15, -0.1) is 0 Å². The fourth-order valence-electron chi connectivity index (χ4n) is 2.88. The molecule has 1 aromatic rings. The number of benzene rings is 1. The predicted octanol–water partition coefficient (Wildman–Crippen LogP) is 1.55. The molecule has 2 N–H and O–H groups in total. The lowest BCUT2D eigenvalue weighted by Crippen LogP contribution is -2.47. The zero-order chi connectivity index (χ0) is 14.5. The molecule has 0 spiro atoms. The van der Waals surface area contributed by atoms with Gasteiger partial charge in [0.2, 0.25) is 0 Å². The molecule has 0 atom stereocenters. The van der Waals surface area contributed by atoms with E-state index in [0.29, 0.717) is 6.54 Å². The van der Waals surface area contributed by atoms with Crippen molar-refractivity contribution >= 4 is 0 Å². The second kappa shape index (κ2) is 7.25. The Morgan fingerprint density at radius 2 is 1.67 bits per heavy atom. The lowest BCUT2D eigenvalue weighted by molar-refractivity contribution is 0.114. The predicted molar refractivity (Wildman–Crippen MR) is 85.4 cm³/mol. The molecule has 1 aliphatic carbocycles. The number of ether oxygens (including phenoxy) is 1. The Bertz CT molecular complexity index is 422. The highest BCUT2D eigenvalue weighted by Crippen LogP contribution is 2.29. The molecule has 0 radical (unpaired) electrons. The molecule has 4 nitrogen and oxygen atoms in total. The van der Waals surface area contributed by atoms with Gasteiger partial charge in [0, 0.05) is 45.8 Å². The van der Waals surface area contributed by atoms with Crippen molar-refractivity contribution in [1.29, 1.82) is 0 Å². The highest BCUT2D eigenvalue weighted by Gasteiger charge is 2.26. The standard InChI is InChI=1S/C17H27N3O/c18-13-15-3-5-17(6-4-15)21-12-11-19-7-9-20(10-8-19)14-16-1-2-16/h3-6,16H,1-2,7-14,18H2. The molecule has 2 fully saturated rings. The van der Waals surface area contributed by atoms with Crippen molar-refractivity contribution in [1.82, 2.24) is 9.80 Å². The van der Waals surface area contributed by atoms with E-state index >= 15 is 0 Å². The summed E-state index contributed by atoms with van der Waals surface area (Å²) in [7, 11) is 0. The van der Waals surface area contributed by atoms with Crippen molar-refractivity contribution in [2.45, 2.75) is 19.4 Å². The second-order valence-electron chi connectivity index (χ2n) is 6.28. The topological polar surface area (TPSA) is 41.7 Å². The smallest absolute Gasteiger partial charge is 0.119 e. The monoisotopic (exact) mass is 289 g/mol. The van der Waals surface area contributed by atoms with Gasteiger partial charge in [-0.25, -0.2) is 0 Å². The van der Waals surface area contributed by atoms with Gasteiger partial charge in [0.15, 0.2) is 0 Å². The van der Waals surface area contributed by atoms with Gasteiger partial charge in [-0.3, -0.25) is 4.90 Å². The van der Waals surface area contributed by atoms with Gasteiger partial charge in [-0.2, -0.15) is 0 Å². The maximum Gasteiger partial charge on any atom is 0.119 e. The average molecular weight is 289 g/mol. The van der Waals surface area contributed by atoms with Gasteiger partial charge in [0.1, 0.15) is 12.4 Å². The summed E-state index contributed by atoms with van der Waals surface area (Å²) < 4.78 is 5.81. The third-order valence-electron chi connectivity index (χ3n) is 4.51. The Morgan fingerprint density at radius 1 is 1.00 bits per heavy atom. The number of piperazine rings is 1. The van der Waals surface area contributed by atoms with E-state index in [1.54, 1.807) is 0 Å². The molecule has 21 heavy (non-hydrogen) atoms. The van der Waals surface area contributed by atoms with Crippen LogP contribution in [0.5, 0.6) is 5.75 Å². The van der Waals surface area contributed by atoms with Crippen LogP contribution in [-0.2, 0) is 6.54 Å². The minimum atomic E-state index is 0.589. The Morgan fingerprint density at radius 3 is 2.29 bits per heavy atom. The van der Waals surface area contributed by atoms with E-state index in [1.807, 2.05) is 24.3 Å². The highest BCUT2D eigenvalue weighted by molar-refractivity contribution is 5.27. The van der Waals surface area contributed by atoms with E-state index in [4.69, 9.17) is 10.5 Å². The zero-order valence-electron chi connectivity index (χ0n) is 12.8. The third-order valence-corrected chi connectivity index (χ3v) is 4.51. The molecule has 0 unspecified atom stereocenters. The van der Waals surface area contributed by atoms with Gasteiger partial charge in [0.05, 0.1) is 0 Å². The number of rotatable bonds is 7. The van der Waals surface area contributed by atoms with Crippen LogP contribution in [-0.4, -0.2) is 55.7 Å².